The summed E-state index contributed by atoms with van der Waals surface area (Å²) in [6, 6.07) is 9.45. The highest BCUT2D eigenvalue weighted by Gasteiger charge is 2.26. The van der Waals surface area contributed by atoms with Gasteiger partial charge in [-0.1, -0.05) is 31.2 Å². The van der Waals surface area contributed by atoms with E-state index in [4.69, 9.17) is 4.74 Å². The van der Waals surface area contributed by atoms with Crippen LogP contribution in [0.4, 0.5) is 0 Å². The third-order valence-electron chi connectivity index (χ3n) is 4.69. The number of ether oxygens (including phenoxy) is 1. The summed E-state index contributed by atoms with van der Waals surface area (Å²) in [7, 11) is 0. The van der Waals surface area contributed by atoms with Gasteiger partial charge in [-0.2, -0.15) is 0 Å². The standard InChI is InChI=1S/C17H26N2O/c1-2-19(15-7-5-10-18-12-15)13-17-16-8-4-3-6-14(16)9-11-20-17/h3-4,6,8,15,17-18H,2,5,7,9-13H2,1H3. The maximum atomic E-state index is 6.07. The van der Waals surface area contributed by atoms with Gasteiger partial charge in [0.15, 0.2) is 0 Å². The van der Waals surface area contributed by atoms with E-state index >= 15 is 0 Å². The number of piperidine rings is 1. The molecule has 3 heteroatoms. The lowest BCUT2D eigenvalue weighted by Gasteiger charge is -2.37. The number of hydrogen-bond acceptors (Lipinski definition) is 3. The van der Waals surface area contributed by atoms with Crippen molar-refractivity contribution in [1.29, 1.82) is 0 Å². The van der Waals surface area contributed by atoms with Crippen LogP contribution in [-0.2, 0) is 11.2 Å². The lowest BCUT2D eigenvalue weighted by molar-refractivity contribution is 0.00455. The van der Waals surface area contributed by atoms with E-state index in [0.717, 1.165) is 32.7 Å². The summed E-state index contributed by atoms with van der Waals surface area (Å²) >= 11 is 0. The average Bonchev–Trinajstić information content (AvgIpc) is 2.53. The van der Waals surface area contributed by atoms with Gasteiger partial charge in [-0.3, -0.25) is 4.90 Å². The summed E-state index contributed by atoms with van der Waals surface area (Å²) in [6.07, 6.45) is 3.92. The first-order valence-electron chi connectivity index (χ1n) is 8.02. The number of hydrogen-bond donors (Lipinski definition) is 1. The Balaban J connectivity index is 1.70. The molecule has 0 amide bonds. The SMILES string of the molecule is CCN(CC1OCCc2ccccc21)C1CCCNC1. The van der Waals surface area contributed by atoms with Gasteiger partial charge < -0.3 is 10.1 Å². The fraction of sp³-hybridized carbons (Fsp3) is 0.647. The van der Waals surface area contributed by atoms with Crippen molar-refractivity contribution in [2.24, 2.45) is 0 Å². The Labute approximate surface area is 122 Å². The fourth-order valence-corrected chi connectivity index (χ4v) is 3.52. The van der Waals surface area contributed by atoms with E-state index in [2.05, 4.69) is 41.4 Å². The van der Waals surface area contributed by atoms with Crippen LogP contribution in [0.25, 0.3) is 0 Å². The normalized spacial score (nSPS) is 26.5. The van der Waals surface area contributed by atoms with Crippen molar-refractivity contribution in [2.45, 2.75) is 38.3 Å². The lowest BCUT2D eigenvalue weighted by Crippen LogP contribution is -2.47. The smallest absolute Gasteiger partial charge is 0.0954 e. The molecule has 0 aliphatic carbocycles. The van der Waals surface area contributed by atoms with Gasteiger partial charge >= 0.3 is 0 Å². The molecule has 2 aliphatic rings. The zero-order valence-corrected chi connectivity index (χ0v) is 12.5. The average molecular weight is 274 g/mol. The van der Waals surface area contributed by atoms with E-state index in [1.165, 1.54) is 30.5 Å². The van der Waals surface area contributed by atoms with Crippen LogP contribution in [0, 0.1) is 0 Å². The molecular weight excluding hydrogens is 248 g/mol. The van der Waals surface area contributed by atoms with E-state index in [9.17, 15) is 0 Å². The molecule has 3 nitrogen and oxygen atoms in total. The molecule has 1 fully saturated rings. The molecule has 2 unspecified atom stereocenters. The molecule has 2 aliphatic heterocycles. The van der Waals surface area contributed by atoms with E-state index in [1.807, 2.05) is 0 Å². The summed E-state index contributed by atoms with van der Waals surface area (Å²) in [5.74, 6) is 0. The molecule has 3 rings (SSSR count). The third-order valence-corrected chi connectivity index (χ3v) is 4.69. The molecule has 0 bridgehead atoms. The minimum absolute atomic E-state index is 0.252. The summed E-state index contributed by atoms with van der Waals surface area (Å²) in [5.41, 5.74) is 2.88. The molecular formula is C17H26N2O. The topological polar surface area (TPSA) is 24.5 Å². The monoisotopic (exact) mass is 274 g/mol. The number of nitrogens with zero attached hydrogens (tertiary/aromatic N) is 1. The van der Waals surface area contributed by atoms with Crippen molar-refractivity contribution in [1.82, 2.24) is 10.2 Å². The Morgan fingerprint density at radius 3 is 3.05 bits per heavy atom. The maximum absolute atomic E-state index is 6.07. The molecule has 1 saturated heterocycles. The van der Waals surface area contributed by atoms with Crippen molar-refractivity contribution < 1.29 is 4.74 Å². The van der Waals surface area contributed by atoms with E-state index in [1.54, 1.807) is 0 Å². The Kier molecular flexibility index (Phi) is 4.71. The van der Waals surface area contributed by atoms with Gasteiger partial charge in [0.25, 0.3) is 0 Å². The van der Waals surface area contributed by atoms with Gasteiger partial charge in [0.1, 0.15) is 0 Å². The number of benzene rings is 1. The van der Waals surface area contributed by atoms with Gasteiger partial charge in [0.2, 0.25) is 0 Å². The summed E-state index contributed by atoms with van der Waals surface area (Å²) < 4.78 is 6.07. The van der Waals surface area contributed by atoms with Crippen molar-refractivity contribution in [3.05, 3.63) is 35.4 Å². The van der Waals surface area contributed by atoms with Crippen LogP contribution in [0.3, 0.4) is 0 Å². The molecule has 1 aromatic carbocycles. The summed E-state index contributed by atoms with van der Waals surface area (Å²) in [6.45, 7) is 7.57. The first-order valence-corrected chi connectivity index (χ1v) is 8.02. The second kappa shape index (κ2) is 6.70. The first kappa shape index (κ1) is 14.1. The number of nitrogens with one attached hydrogen (secondary N) is 1. The zero-order chi connectivity index (χ0) is 13.8. The Morgan fingerprint density at radius 1 is 1.35 bits per heavy atom. The summed E-state index contributed by atoms with van der Waals surface area (Å²) in [5, 5.41) is 3.52. The minimum Gasteiger partial charge on any atom is -0.372 e. The second-order valence-electron chi connectivity index (χ2n) is 5.90. The largest absolute Gasteiger partial charge is 0.372 e. The van der Waals surface area contributed by atoms with Crippen molar-refractivity contribution in [3.8, 4) is 0 Å². The van der Waals surface area contributed by atoms with Crippen LogP contribution in [-0.4, -0.2) is 43.7 Å². The van der Waals surface area contributed by atoms with Crippen LogP contribution >= 0.6 is 0 Å². The Bertz CT molecular complexity index is 429. The van der Waals surface area contributed by atoms with E-state index in [0.29, 0.717) is 6.04 Å². The predicted octanol–water partition coefficient (Wildman–Crippen LogP) is 2.37. The molecule has 0 saturated carbocycles. The molecule has 1 N–H and O–H groups in total. The molecule has 20 heavy (non-hydrogen) atoms. The highest BCUT2D eigenvalue weighted by atomic mass is 16.5. The van der Waals surface area contributed by atoms with Crippen LogP contribution in [0.5, 0.6) is 0 Å². The van der Waals surface area contributed by atoms with Crippen LogP contribution in [0.2, 0.25) is 0 Å². The minimum atomic E-state index is 0.252. The first-order chi connectivity index (χ1) is 9.88. The molecule has 110 valence electrons. The second-order valence-corrected chi connectivity index (χ2v) is 5.90. The number of likely N-dealkylation sites (N-methyl/N-ethyl adjacent to an activating group) is 1. The van der Waals surface area contributed by atoms with Crippen molar-refractivity contribution in [2.75, 3.05) is 32.8 Å². The zero-order valence-electron chi connectivity index (χ0n) is 12.5. The van der Waals surface area contributed by atoms with Gasteiger partial charge in [-0.25, -0.2) is 0 Å². The highest BCUT2D eigenvalue weighted by molar-refractivity contribution is 5.31. The predicted molar refractivity (Wildman–Crippen MR) is 82.0 cm³/mol. The number of rotatable bonds is 4. The summed E-state index contributed by atoms with van der Waals surface area (Å²) in [4.78, 5) is 2.60. The van der Waals surface area contributed by atoms with E-state index < -0.39 is 0 Å². The van der Waals surface area contributed by atoms with Crippen LogP contribution < -0.4 is 5.32 Å². The number of fused-ring (bicyclic) bond motifs is 1. The molecule has 2 heterocycles. The highest BCUT2D eigenvalue weighted by Crippen LogP contribution is 2.28. The maximum Gasteiger partial charge on any atom is 0.0954 e. The van der Waals surface area contributed by atoms with Gasteiger partial charge in [-0.05, 0) is 43.5 Å². The van der Waals surface area contributed by atoms with Gasteiger partial charge in [0.05, 0.1) is 12.7 Å². The van der Waals surface area contributed by atoms with Gasteiger partial charge in [-0.15, -0.1) is 0 Å². The fourth-order valence-electron chi connectivity index (χ4n) is 3.52. The van der Waals surface area contributed by atoms with Gasteiger partial charge in [0, 0.05) is 19.1 Å². The molecule has 0 radical (unpaired) electrons. The lowest BCUT2D eigenvalue weighted by atomic mass is 9.96. The van der Waals surface area contributed by atoms with E-state index in [-0.39, 0.29) is 6.10 Å². The Morgan fingerprint density at radius 2 is 2.25 bits per heavy atom. The van der Waals surface area contributed by atoms with Crippen LogP contribution in [0.1, 0.15) is 37.0 Å². The molecule has 2 atom stereocenters. The molecule has 0 spiro atoms. The van der Waals surface area contributed by atoms with Crippen molar-refractivity contribution in [3.63, 3.8) is 0 Å². The van der Waals surface area contributed by atoms with Crippen molar-refractivity contribution >= 4 is 0 Å². The van der Waals surface area contributed by atoms with Crippen LogP contribution in [0.15, 0.2) is 24.3 Å². The third kappa shape index (κ3) is 3.05. The Hall–Kier alpha value is -0.900. The quantitative estimate of drug-likeness (QED) is 0.912. The molecule has 0 aromatic heterocycles. The molecule has 1 aromatic rings.